The van der Waals surface area contributed by atoms with Gasteiger partial charge in [0.15, 0.2) is 0 Å². The molecular formula is C16H24O8. The van der Waals surface area contributed by atoms with E-state index in [0.29, 0.717) is 6.42 Å². The van der Waals surface area contributed by atoms with Gasteiger partial charge in [-0.3, -0.25) is 14.4 Å². The lowest BCUT2D eigenvalue weighted by Gasteiger charge is -2.16. The van der Waals surface area contributed by atoms with E-state index in [1.165, 1.54) is 13.8 Å². The third-order valence-electron chi connectivity index (χ3n) is 3.14. The summed E-state index contributed by atoms with van der Waals surface area (Å²) < 4.78 is 14.5. The Hall–Kier alpha value is -2.09. The summed E-state index contributed by atoms with van der Waals surface area (Å²) in [5.41, 5.74) is 0. The van der Waals surface area contributed by atoms with Gasteiger partial charge in [-0.1, -0.05) is 0 Å². The van der Waals surface area contributed by atoms with Crippen LogP contribution >= 0.6 is 0 Å². The van der Waals surface area contributed by atoms with Crippen LogP contribution < -0.4 is 0 Å². The molecule has 0 unspecified atom stereocenters. The van der Waals surface area contributed by atoms with E-state index in [9.17, 15) is 24.0 Å². The third kappa shape index (κ3) is 11.5. The minimum Gasteiger partial charge on any atom is -0.465 e. The van der Waals surface area contributed by atoms with Crippen LogP contribution in [0.1, 0.15) is 39.5 Å². The summed E-state index contributed by atoms with van der Waals surface area (Å²) in [5.74, 6) is -1.02. The highest BCUT2D eigenvalue weighted by atomic mass is 16.6. The molecule has 0 heterocycles. The van der Waals surface area contributed by atoms with Gasteiger partial charge in [0.25, 0.3) is 12.9 Å². The Morgan fingerprint density at radius 2 is 1.42 bits per heavy atom. The van der Waals surface area contributed by atoms with Crippen molar-refractivity contribution in [3.63, 3.8) is 0 Å². The molecule has 0 aromatic rings. The highest BCUT2D eigenvalue weighted by Gasteiger charge is 2.21. The third-order valence-corrected chi connectivity index (χ3v) is 3.14. The first-order valence-corrected chi connectivity index (χ1v) is 7.64. The molecule has 0 amide bonds. The minimum atomic E-state index is -0.610. The lowest BCUT2D eigenvalue weighted by atomic mass is 9.90. The second-order valence-electron chi connectivity index (χ2n) is 5.43. The molecule has 0 aliphatic carbocycles. The van der Waals surface area contributed by atoms with E-state index >= 15 is 0 Å². The highest BCUT2D eigenvalue weighted by molar-refractivity contribution is 5.90. The van der Waals surface area contributed by atoms with Gasteiger partial charge in [0.05, 0.1) is 0 Å². The molecule has 0 saturated carbocycles. The number of ether oxygens (including phenoxy) is 3. The zero-order valence-electron chi connectivity index (χ0n) is 14.0. The predicted octanol–water partition coefficient (Wildman–Crippen LogP) is 0.641. The Bertz CT molecular complexity index is 404. The molecular weight excluding hydrogens is 320 g/mol. The average molecular weight is 344 g/mol. The second kappa shape index (κ2) is 13.4. The molecule has 0 aromatic heterocycles. The Morgan fingerprint density at radius 1 is 0.917 bits per heavy atom. The largest absolute Gasteiger partial charge is 0.465 e. The smallest absolute Gasteiger partial charge is 0.293 e. The van der Waals surface area contributed by atoms with E-state index in [0.717, 1.165) is 0 Å². The monoisotopic (exact) mass is 344 g/mol. The molecule has 0 atom stereocenters. The first-order valence-electron chi connectivity index (χ1n) is 7.64. The molecule has 0 aromatic carbocycles. The fourth-order valence-electron chi connectivity index (χ4n) is 2.13. The number of rotatable bonds is 16. The van der Waals surface area contributed by atoms with Crippen molar-refractivity contribution >= 4 is 30.3 Å². The van der Waals surface area contributed by atoms with Crippen LogP contribution in [0.2, 0.25) is 0 Å². The maximum atomic E-state index is 12.1. The summed E-state index contributed by atoms with van der Waals surface area (Å²) in [6, 6.07) is 0. The van der Waals surface area contributed by atoms with E-state index < -0.39 is 12.0 Å². The SMILES string of the molecule is CC(=O)CC(CC(C)=O)C(=O)CCCOC(COC=O)COC=O. The van der Waals surface area contributed by atoms with Gasteiger partial charge in [0.2, 0.25) is 0 Å². The number of carbonyl (C=O) groups is 5. The van der Waals surface area contributed by atoms with Crippen LogP contribution in [0.25, 0.3) is 0 Å². The normalized spacial score (nSPS) is 10.5. The van der Waals surface area contributed by atoms with Gasteiger partial charge in [-0.15, -0.1) is 0 Å². The topological polar surface area (TPSA) is 113 Å². The first kappa shape index (κ1) is 21.9. The van der Waals surface area contributed by atoms with E-state index in [4.69, 9.17) is 4.74 Å². The number of carbonyl (C=O) groups excluding carboxylic acids is 5. The maximum absolute atomic E-state index is 12.1. The van der Waals surface area contributed by atoms with Crippen LogP contribution in [-0.4, -0.2) is 56.2 Å². The summed E-state index contributed by atoms with van der Waals surface area (Å²) in [6.07, 6.45) is 0.0516. The zero-order valence-corrected chi connectivity index (χ0v) is 14.0. The molecule has 8 nitrogen and oxygen atoms in total. The van der Waals surface area contributed by atoms with Gasteiger partial charge in [-0.05, 0) is 20.3 Å². The van der Waals surface area contributed by atoms with Crippen LogP contribution in [0, 0.1) is 5.92 Å². The maximum Gasteiger partial charge on any atom is 0.293 e. The van der Waals surface area contributed by atoms with Gasteiger partial charge in [0, 0.05) is 31.8 Å². The highest BCUT2D eigenvalue weighted by Crippen LogP contribution is 2.15. The Labute approximate surface area is 140 Å². The number of hydrogen-bond donors (Lipinski definition) is 0. The van der Waals surface area contributed by atoms with Crippen molar-refractivity contribution in [2.75, 3.05) is 19.8 Å². The van der Waals surface area contributed by atoms with Crippen LogP contribution in [0.3, 0.4) is 0 Å². The molecule has 0 fully saturated rings. The number of Topliss-reactive ketones (excluding diaryl/α,β-unsaturated/α-hetero) is 3. The number of ketones is 3. The van der Waals surface area contributed by atoms with Crippen LogP contribution in [0.15, 0.2) is 0 Å². The average Bonchev–Trinajstić information content (AvgIpc) is 2.51. The summed E-state index contributed by atoms with van der Waals surface area (Å²) in [4.78, 5) is 54.8. The molecule has 8 heteroatoms. The summed E-state index contributed by atoms with van der Waals surface area (Å²) >= 11 is 0. The van der Waals surface area contributed by atoms with Crippen molar-refractivity contribution < 1.29 is 38.2 Å². The number of hydrogen-bond acceptors (Lipinski definition) is 8. The first-order chi connectivity index (χ1) is 11.4. The fourth-order valence-corrected chi connectivity index (χ4v) is 2.13. The quantitative estimate of drug-likeness (QED) is 0.296. The van der Waals surface area contributed by atoms with E-state index in [1.54, 1.807) is 0 Å². The standard InChI is InChI=1S/C16H24O8/c1-12(19)6-14(7-13(2)20)16(21)4-3-5-24-15(8-22-10-17)9-23-11-18/h10-11,14-15H,3-9H2,1-2H3. The van der Waals surface area contributed by atoms with Crippen LogP contribution in [0.4, 0.5) is 0 Å². The van der Waals surface area contributed by atoms with Crippen molar-refractivity contribution in [2.45, 2.75) is 45.6 Å². The fraction of sp³-hybridized carbons (Fsp3) is 0.688. The van der Waals surface area contributed by atoms with Gasteiger partial charge < -0.3 is 23.8 Å². The van der Waals surface area contributed by atoms with E-state index in [1.807, 2.05) is 0 Å². The van der Waals surface area contributed by atoms with Crippen molar-refractivity contribution in [3.05, 3.63) is 0 Å². The molecule has 0 aliphatic heterocycles. The van der Waals surface area contributed by atoms with Crippen LogP contribution in [-0.2, 0) is 38.2 Å². The predicted molar refractivity (Wildman–Crippen MR) is 82.1 cm³/mol. The van der Waals surface area contributed by atoms with Crippen molar-refractivity contribution in [3.8, 4) is 0 Å². The Kier molecular flexibility index (Phi) is 12.2. The van der Waals surface area contributed by atoms with Gasteiger partial charge >= 0.3 is 0 Å². The molecule has 0 aliphatic rings. The van der Waals surface area contributed by atoms with Crippen molar-refractivity contribution in [1.82, 2.24) is 0 Å². The minimum absolute atomic E-state index is 0.0578. The lowest BCUT2D eigenvalue weighted by molar-refractivity contribution is -0.140. The van der Waals surface area contributed by atoms with Gasteiger partial charge in [-0.25, -0.2) is 0 Å². The molecule has 0 bridgehead atoms. The Balaban J connectivity index is 4.25. The molecule has 0 N–H and O–H groups in total. The molecule has 0 spiro atoms. The van der Waals surface area contributed by atoms with E-state index in [-0.39, 0.29) is 69.4 Å². The molecule has 0 radical (unpaired) electrons. The van der Waals surface area contributed by atoms with Crippen molar-refractivity contribution in [2.24, 2.45) is 5.92 Å². The van der Waals surface area contributed by atoms with Crippen LogP contribution in [0.5, 0.6) is 0 Å². The summed E-state index contributed by atoms with van der Waals surface area (Å²) in [7, 11) is 0. The molecule has 0 rings (SSSR count). The van der Waals surface area contributed by atoms with E-state index in [2.05, 4.69) is 9.47 Å². The summed E-state index contributed by atoms with van der Waals surface area (Å²) in [6.45, 7) is 3.34. The van der Waals surface area contributed by atoms with Gasteiger partial charge in [0.1, 0.15) is 36.7 Å². The zero-order chi connectivity index (χ0) is 18.4. The summed E-state index contributed by atoms with van der Waals surface area (Å²) in [5, 5.41) is 0. The van der Waals surface area contributed by atoms with Crippen molar-refractivity contribution in [1.29, 1.82) is 0 Å². The molecule has 24 heavy (non-hydrogen) atoms. The van der Waals surface area contributed by atoms with Gasteiger partial charge in [-0.2, -0.15) is 0 Å². The Morgan fingerprint density at radius 3 is 1.83 bits per heavy atom. The molecule has 136 valence electrons. The lowest BCUT2D eigenvalue weighted by Crippen LogP contribution is -2.26. The second-order valence-corrected chi connectivity index (χ2v) is 5.43. The molecule has 0 saturated heterocycles.